The molecule has 0 atom stereocenters. The zero-order valence-electron chi connectivity index (χ0n) is 15.9. The monoisotopic (exact) mass is 385 g/mol. The van der Waals surface area contributed by atoms with Gasteiger partial charge in [-0.25, -0.2) is 0 Å². The van der Waals surface area contributed by atoms with Crippen molar-refractivity contribution in [2.45, 2.75) is 26.2 Å². The van der Waals surface area contributed by atoms with Crippen LogP contribution in [0.5, 0.6) is 0 Å². The van der Waals surface area contributed by atoms with Crippen molar-refractivity contribution in [3.05, 3.63) is 76.9 Å². The van der Waals surface area contributed by atoms with Crippen LogP contribution in [0.2, 0.25) is 0 Å². The average Bonchev–Trinajstić information content (AvgIpc) is 3.36. The quantitative estimate of drug-likeness (QED) is 0.424. The van der Waals surface area contributed by atoms with Gasteiger partial charge < -0.3 is 4.42 Å². The number of hydrogen-bond donors (Lipinski definition) is 0. The van der Waals surface area contributed by atoms with Crippen LogP contribution in [-0.4, -0.2) is 15.2 Å². The molecule has 0 aliphatic heterocycles. The summed E-state index contributed by atoms with van der Waals surface area (Å²) in [5.74, 6) is 7.32. The second-order valence-electron chi connectivity index (χ2n) is 7.39. The summed E-state index contributed by atoms with van der Waals surface area (Å²) >= 11 is 1.53. The summed E-state index contributed by atoms with van der Waals surface area (Å²) in [5.41, 5.74) is 3.24. The van der Waals surface area contributed by atoms with Crippen molar-refractivity contribution in [3.63, 3.8) is 0 Å². The molecule has 0 fully saturated rings. The molecule has 0 saturated carbocycles. The van der Waals surface area contributed by atoms with E-state index < -0.39 is 0 Å². The van der Waals surface area contributed by atoms with Crippen LogP contribution in [0.3, 0.4) is 0 Å². The Labute approximate surface area is 168 Å². The molecule has 0 bridgehead atoms. The summed E-state index contributed by atoms with van der Waals surface area (Å²) in [4.78, 5) is 5.85. The highest BCUT2D eigenvalue weighted by atomic mass is 32.1. The molecule has 138 valence electrons. The molecule has 0 spiro atoms. The molecule has 0 unspecified atom stereocenters. The summed E-state index contributed by atoms with van der Waals surface area (Å²) in [5, 5.41) is 8.41. The fourth-order valence-electron chi connectivity index (χ4n) is 2.64. The number of aromatic nitrogens is 3. The van der Waals surface area contributed by atoms with Crippen LogP contribution in [0.4, 0.5) is 0 Å². The molecule has 0 radical (unpaired) electrons. The molecular weight excluding hydrogens is 366 g/mol. The maximum Gasteiger partial charge on any atom is 0.258 e. The van der Waals surface area contributed by atoms with Gasteiger partial charge in [0.25, 0.3) is 5.89 Å². The number of pyridine rings is 1. The summed E-state index contributed by atoms with van der Waals surface area (Å²) in [6.07, 6.45) is 3.47. The van der Waals surface area contributed by atoms with E-state index in [4.69, 9.17) is 4.42 Å². The van der Waals surface area contributed by atoms with E-state index in [0.29, 0.717) is 11.8 Å². The van der Waals surface area contributed by atoms with Crippen LogP contribution < -0.4 is 0 Å². The molecule has 0 aliphatic rings. The first-order valence-electron chi connectivity index (χ1n) is 8.96. The zero-order chi connectivity index (χ0) is 19.6. The van der Waals surface area contributed by atoms with Crippen molar-refractivity contribution in [2.24, 2.45) is 0 Å². The highest BCUT2D eigenvalue weighted by Gasteiger charge is 2.15. The summed E-state index contributed by atoms with van der Waals surface area (Å²) in [7, 11) is 0. The van der Waals surface area contributed by atoms with Gasteiger partial charge >= 0.3 is 0 Å². The number of rotatable bonds is 2. The van der Waals surface area contributed by atoms with Crippen molar-refractivity contribution in [1.29, 1.82) is 0 Å². The molecule has 0 saturated heterocycles. The van der Waals surface area contributed by atoms with Gasteiger partial charge in [-0.05, 0) is 47.4 Å². The van der Waals surface area contributed by atoms with Crippen LogP contribution >= 0.6 is 11.3 Å². The second kappa shape index (κ2) is 7.41. The van der Waals surface area contributed by atoms with Crippen molar-refractivity contribution < 1.29 is 4.42 Å². The van der Waals surface area contributed by atoms with E-state index in [-0.39, 0.29) is 5.41 Å². The fraction of sp³-hybridized carbons (Fsp3) is 0.174. The molecule has 4 rings (SSSR count). The maximum atomic E-state index is 5.89. The first-order chi connectivity index (χ1) is 13.5. The maximum absolute atomic E-state index is 5.89. The minimum atomic E-state index is 0.114. The highest BCUT2D eigenvalue weighted by molar-refractivity contribution is 7.15. The van der Waals surface area contributed by atoms with Gasteiger partial charge in [0, 0.05) is 23.5 Å². The molecule has 1 aromatic carbocycles. The zero-order valence-corrected chi connectivity index (χ0v) is 16.7. The molecule has 0 amide bonds. The van der Waals surface area contributed by atoms with E-state index >= 15 is 0 Å². The van der Waals surface area contributed by atoms with E-state index in [9.17, 15) is 0 Å². The lowest BCUT2D eigenvalue weighted by molar-refractivity contribution is 0.583. The third-order valence-electron chi connectivity index (χ3n) is 4.25. The number of benzene rings is 1. The van der Waals surface area contributed by atoms with E-state index in [1.165, 1.54) is 16.9 Å². The lowest BCUT2D eigenvalue weighted by Gasteiger charge is -2.18. The molecular formula is C23H19N3OS. The molecule has 4 nitrogen and oxygen atoms in total. The molecule has 0 aliphatic carbocycles. The van der Waals surface area contributed by atoms with Gasteiger partial charge in [0.15, 0.2) is 0 Å². The molecule has 4 aromatic rings. The normalized spacial score (nSPS) is 11.1. The standard InChI is InChI=1S/C23H19N3OS/c1-23(2,3)18-7-5-17(6-8-18)21-25-26-22(27-21)20-11-10-19(28-20)9-4-16-12-14-24-15-13-16/h5-8,10-15H,1-3H3. The number of hydrogen-bond acceptors (Lipinski definition) is 5. The van der Waals surface area contributed by atoms with Gasteiger partial charge in [-0.2, -0.15) is 0 Å². The largest absolute Gasteiger partial charge is 0.415 e. The van der Waals surface area contributed by atoms with E-state index in [1.807, 2.05) is 36.4 Å². The Hall–Kier alpha value is -3.23. The molecule has 3 heterocycles. The average molecular weight is 385 g/mol. The Morgan fingerprint density at radius 1 is 0.821 bits per heavy atom. The smallest absolute Gasteiger partial charge is 0.258 e. The highest BCUT2D eigenvalue weighted by Crippen LogP contribution is 2.30. The Bertz CT molecular complexity index is 1140. The van der Waals surface area contributed by atoms with Crippen molar-refractivity contribution in [3.8, 4) is 34.1 Å². The minimum Gasteiger partial charge on any atom is -0.415 e. The van der Waals surface area contributed by atoms with E-state index in [1.54, 1.807) is 12.4 Å². The minimum absolute atomic E-state index is 0.114. The fourth-order valence-corrected chi connectivity index (χ4v) is 3.42. The van der Waals surface area contributed by atoms with Gasteiger partial charge in [0.05, 0.1) is 9.75 Å². The Kier molecular flexibility index (Phi) is 4.81. The van der Waals surface area contributed by atoms with Crippen molar-refractivity contribution >= 4 is 11.3 Å². The van der Waals surface area contributed by atoms with Gasteiger partial charge in [-0.1, -0.05) is 44.7 Å². The number of nitrogens with zero attached hydrogens (tertiary/aromatic N) is 3. The lowest BCUT2D eigenvalue weighted by Crippen LogP contribution is -2.10. The van der Waals surface area contributed by atoms with Crippen molar-refractivity contribution in [2.75, 3.05) is 0 Å². The van der Waals surface area contributed by atoms with Crippen molar-refractivity contribution in [1.82, 2.24) is 15.2 Å². The van der Waals surface area contributed by atoms with Crippen LogP contribution in [0, 0.1) is 11.8 Å². The summed E-state index contributed by atoms with van der Waals surface area (Å²) in [6, 6.07) is 16.0. The summed E-state index contributed by atoms with van der Waals surface area (Å²) in [6.45, 7) is 6.58. The Morgan fingerprint density at radius 3 is 2.25 bits per heavy atom. The van der Waals surface area contributed by atoms with Gasteiger partial charge in [-0.3, -0.25) is 4.98 Å². The van der Waals surface area contributed by atoms with Gasteiger partial charge in [-0.15, -0.1) is 21.5 Å². The number of thiophene rings is 1. The van der Waals surface area contributed by atoms with Crippen LogP contribution in [0.15, 0.2) is 65.3 Å². The predicted molar refractivity (Wildman–Crippen MR) is 112 cm³/mol. The third kappa shape index (κ3) is 4.03. The molecule has 3 aromatic heterocycles. The van der Waals surface area contributed by atoms with Crippen LogP contribution in [0.25, 0.3) is 22.2 Å². The van der Waals surface area contributed by atoms with E-state index in [0.717, 1.165) is 20.9 Å². The third-order valence-corrected chi connectivity index (χ3v) is 5.24. The van der Waals surface area contributed by atoms with Gasteiger partial charge in [0.2, 0.25) is 5.89 Å². The SMILES string of the molecule is CC(C)(C)c1ccc(-c2nnc(-c3ccc(C#Cc4ccncc4)s3)o2)cc1. The Morgan fingerprint density at radius 2 is 1.54 bits per heavy atom. The predicted octanol–water partition coefficient (Wildman–Crippen LogP) is 5.56. The first-order valence-corrected chi connectivity index (χ1v) is 9.77. The van der Waals surface area contributed by atoms with Gasteiger partial charge in [0.1, 0.15) is 0 Å². The second-order valence-corrected chi connectivity index (χ2v) is 8.47. The molecule has 0 N–H and O–H groups in total. The summed E-state index contributed by atoms with van der Waals surface area (Å²) < 4.78 is 5.89. The van der Waals surface area contributed by atoms with Crippen LogP contribution in [-0.2, 0) is 5.41 Å². The molecule has 5 heteroatoms. The lowest BCUT2D eigenvalue weighted by atomic mass is 9.87. The topological polar surface area (TPSA) is 51.8 Å². The Balaban J connectivity index is 1.54. The van der Waals surface area contributed by atoms with Crippen LogP contribution in [0.1, 0.15) is 36.8 Å². The molecule has 28 heavy (non-hydrogen) atoms. The van der Waals surface area contributed by atoms with E-state index in [2.05, 4.69) is 59.9 Å². The first kappa shape index (κ1) is 18.1.